The Hall–Kier alpha value is -1.26. The van der Waals surface area contributed by atoms with Crippen LogP contribution in [-0.2, 0) is 0 Å². The van der Waals surface area contributed by atoms with Crippen LogP contribution in [0.4, 0.5) is 0 Å². The van der Waals surface area contributed by atoms with Gasteiger partial charge in [-0.3, -0.25) is 0 Å². The van der Waals surface area contributed by atoms with E-state index >= 15 is 0 Å². The Morgan fingerprint density at radius 3 is 2.75 bits per heavy atom. The topological polar surface area (TPSA) is 33.7 Å². The number of methoxy groups -OCH3 is 2. The van der Waals surface area contributed by atoms with Crippen molar-refractivity contribution in [1.82, 2.24) is 10.2 Å². The summed E-state index contributed by atoms with van der Waals surface area (Å²) in [7, 11) is 5.57. The lowest BCUT2D eigenvalue weighted by Gasteiger charge is -2.20. The van der Waals surface area contributed by atoms with Crippen molar-refractivity contribution in [2.45, 2.75) is 19.4 Å². The Morgan fingerprint density at radius 1 is 1.35 bits per heavy atom. The third-order valence-corrected chi connectivity index (χ3v) is 4.11. The van der Waals surface area contributed by atoms with E-state index in [9.17, 15) is 0 Å². The Morgan fingerprint density at radius 2 is 2.15 bits per heavy atom. The van der Waals surface area contributed by atoms with Gasteiger partial charge in [0.05, 0.1) is 14.2 Å². The molecule has 0 bridgehead atoms. The molecular formula is C16H26N2O2. The summed E-state index contributed by atoms with van der Waals surface area (Å²) < 4.78 is 10.7. The van der Waals surface area contributed by atoms with Crippen molar-refractivity contribution in [1.29, 1.82) is 0 Å². The molecule has 112 valence electrons. The molecule has 1 aliphatic heterocycles. The van der Waals surface area contributed by atoms with Crippen LogP contribution in [0.5, 0.6) is 11.5 Å². The lowest BCUT2D eigenvalue weighted by atomic mass is 10.0. The summed E-state index contributed by atoms with van der Waals surface area (Å²) in [5.74, 6) is 2.47. The smallest absolute Gasteiger partial charge is 0.127 e. The molecule has 1 aromatic rings. The van der Waals surface area contributed by atoms with E-state index in [1.807, 2.05) is 12.1 Å². The van der Waals surface area contributed by atoms with Crippen LogP contribution in [0, 0.1) is 5.92 Å². The van der Waals surface area contributed by atoms with Crippen LogP contribution >= 0.6 is 0 Å². The molecule has 1 fully saturated rings. The number of rotatable bonds is 6. The molecule has 1 saturated heterocycles. The van der Waals surface area contributed by atoms with E-state index in [0.29, 0.717) is 0 Å². The maximum atomic E-state index is 5.47. The first-order valence-corrected chi connectivity index (χ1v) is 7.28. The van der Waals surface area contributed by atoms with Crippen molar-refractivity contribution < 1.29 is 9.47 Å². The quantitative estimate of drug-likeness (QED) is 0.866. The highest BCUT2D eigenvalue weighted by atomic mass is 16.5. The van der Waals surface area contributed by atoms with Crippen LogP contribution in [0.25, 0.3) is 0 Å². The SMILES string of the molecule is COc1ccc(C(C)NCC2CCN(C)C2)c(OC)c1. The molecular weight excluding hydrogens is 252 g/mol. The van der Waals surface area contributed by atoms with Crippen LogP contribution < -0.4 is 14.8 Å². The molecule has 0 spiro atoms. The van der Waals surface area contributed by atoms with Crippen molar-refractivity contribution >= 4 is 0 Å². The number of ether oxygens (including phenoxy) is 2. The molecule has 2 atom stereocenters. The largest absolute Gasteiger partial charge is 0.497 e. The van der Waals surface area contributed by atoms with E-state index in [1.165, 1.54) is 25.1 Å². The third kappa shape index (κ3) is 3.64. The normalized spacial score (nSPS) is 20.9. The molecule has 4 heteroatoms. The van der Waals surface area contributed by atoms with Crippen molar-refractivity contribution in [3.63, 3.8) is 0 Å². The van der Waals surface area contributed by atoms with Crippen molar-refractivity contribution in [2.24, 2.45) is 5.92 Å². The number of likely N-dealkylation sites (tertiary alicyclic amines) is 1. The van der Waals surface area contributed by atoms with Gasteiger partial charge in [-0.2, -0.15) is 0 Å². The minimum absolute atomic E-state index is 0.279. The van der Waals surface area contributed by atoms with Crippen molar-refractivity contribution in [3.8, 4) is 11.5 Å². The molecule has 2 unspecified atom stereocenters. The highest BCUT2D eigenvalue weighted by Gasteiger charge is 2.20. The first kappa shape index (κ1) is 15.1. The zero-order valence-corrected chi connectivity index (χ0v) is 13.0. The molecule has 20 heavy (non-hydrogen) atoms. The Kier molecular flexibility index (Phi) is 5.26. The molecule has 1 heterocycles. The molecule has 0 aromatic heterocycles. The fourth-order valence-corrected chi connectivity index (χ4v) is 2.82. The third-order valence-electron chi connectivity index (χ3n) is 4.11. The van der Waals surface area contributed by atoms with E-state index in [2.05, 4.69) is 30.3 Å². The fourth-order valence-electron chi connectivity index (χ4n) is 2.82. The average molecular weight is 278 g/mol. The maximum Gasteiger partial charge on any atom is 0.127 e. The lowest BCUT2D eigenvalue weighted by Crippen LogP contribution is -2.27. The average Bonchev–Trinajstić information content (AvgIpc) is 2.89. The summed E-state index contributed by atoms with van der Waals surface area (Å²) in [5, 5.41) is 3.63. The standard InChI is InChI=1S/C16H26N2O2/c1-12(17-10-13-7-8-18(2)11-13)15-6-5-14(19-3)9-16(15)20-4/h5-6,9,12-13,17H,7-8,10-11H2,1-4H3. The van der Waals surface area contributed by atoms with E-state index in [1.54, 1.807) is 14.2 Å². The van der Waals surface area contributed by atoms with Crippen molar-refractivity contribution in [3.05, 3.63) is 23.8 Å². The second-order valence-electron chi connectivity index (χ2n) is 5.65. The first-order chi connectivity index (χ1) is 9.63. The molecule has 1 N–H and O–H groups in total. The van der Waals surface area contributed by atoms with E-state index in [0.717, 1.165) is 24.0 Å². The maximum absolute atomic E-state index is 5.47. The van der Waals surface area contributed by atoms with Gasteiger partial charge >= 0.3 is 0 Å². The van der Waals surface area contributed by atoms with Gasteiger partial charge in [0.1, 0.15) is 11.5 Å². The van der Waals surface area contributed by atoms with Gasteiger partial charge in [0.25, 0.3) is 0 Å². The summed E-state index contributed by atoms with van der Waals surface area (Å²) in [6, 6.07) is 6.29. The predicted octanol–water partition coefficient (Wildman–Crippen LogP) is 2.31. The summed E-state index contributed by atoms with van der Waals surface area (Å²) in [6.07, 6.45) is 1.29. The number of hydrogen-bond acceptors (Lipinski definition) is 4. The Labute approximate surface area is 122 Å². The lowest BCUT2D eigenvalue weighted by molar-refractivity contribution is 0.372. The van der Waals surface area contributed by atoms with Crippen molar-refractivity contribution in [2.75, 3.05) is 40.9 Å². The van der Waals surface area contributed by atoms with Crippen LogP contribution in [0.2, 0.25) is 0 Å². The van der Waals surface area contributed by atoms with Gasteiger partial charge in [-0.05, 0) is 45.5 Å². The summed E-state index contributed by atoms with van der Waals surface area (Å²) in [5.41, 5.74) is 1.18. The highest BCUT2D eigenvalue weighted by molar-refractivity contribution is 5.42. The second-order valence-corrected chi connectivity index (χ2v) is 5.65. The van der Waals surface area contributed by atoms with Crippen LogP contribution in [0.1, 0.15) is 24.9 Å². The minimum atomic E-state index is 0.279. The van der Waals surface area contributed by atoms with Gasteiger partial charge in [0, 0.05) is 24.2 Å². The summed E-state index contributed by atoms with van der Waals surface area (Å²) >= 11 is 0. The number of hydrogen-bond donors (Lipinski definition) is 1. The van der Waals surface area contributed by atoms with Gasteiger partial charge in [-0.1, -0.05) is 6.07 Å². The Bertz CT molecular complexity index is 436. The monoisotopic (exact) mass is 278 g/mol. The van der Waals surface area contributed by atoms with Gasteiger partial charge in [0.15, 0.2) is 0 Å². The molecule has 0 amide bonds. The van der Waals surface area contributed by atoms with E-state index in [4.69, 9.17) is 9.47 Å². The van der Waals surface area contributed by atoms with E-state index in [-0.39, 0.29) is 6.04 Å². The fraction of sp³-hybridized carbons (Fsp3) is 0.625. The summed E-state index contributed by atoms with van der Waals surface area (Å²) in [6.45, 7) is 5.65. The molecule has 1 aliphatic rings. The van der Waals surface area contributed by atoms with Gasteiger partial charge in [-0.15, -0.1) is 0 Å². The molecule has 2 rings (SSSR count). The molecule has 4 nitrogen and oxygen atoms in total. The predicted molar refractivity (Wildman–Crippen MR) is 81.6 cm³/mol. The number of benzene rings is 1. The molecule has 0 aliphatic carbocycles. The zero-order chi connectivity index (χ0) is 14.5. The zero-order valence-electron chi connectivity index (χ0n) is 13.0. The molecule has 0 saturated carbocycles. The van der Waals surface area contributed by atoms with Gasteiger partial charge in [0.2, 0.25) is 0 Å². The van der Waals surface area contributed by atoms with E-state index < -0.39 is 0 Å². The number of nitrogens with zero attached hydrogens (tertiary/aromatic N) is 1. The number of nitrogens with one attached hydrogen (secondary N) is 1. The van der Waals surface area contributed by atoms with Gasteiger partial charge < -0.3 is 19.7 Å². The van der Waals surface area contributed by atoms with Crippen LogP contribution in [-0.4, -0.2) is 45.8 Å². The van der Waals surface area contributed by atoms with Gasteiger partial charge in [-0.25, -0.2) is 0 Å². The Balaban J connectivity index is 1.96. The molecule has 0 radical (unpaired) electrons. The minimum Gasteiger partial charge on any atom is -0.497 e. The van der Waals surface area contributed by atoms with Crippen LogP contribution in [0.3, 0.4) is 0 Å². The first-order valence-electron chi connectivity index (χ1n) is 7.28. The van der Waals surface area contributed by atoms with Crippen LogP contribution in [0.15, 0.2) is 18.2 Å². The summed E-state index contributed by atoms with van der Waals surface area (Å²) in [4.78, 5) is 2.39. The molecule has 1 aromatic carbocycles. The second kappa shape index (κ2) is 6.95. The highest BCUT2D eigenvalue weighted by Crippen LogP contribution is 2.29.